The Kier molecular flexibility index (Phi) is 6.80. The molecule has 1 N–H and O–H groups in total. The summed E-state index contributed by atoms with van der Waals surface area (Å²) in [6.07, 6.45) is 8.07. The standard InChI is InChI=1S/C26H33NO3S/c1-17-8-12-20(13-9-17)25(28)27(21-14-10-18(2)11-15-21)22-16-23(31-24(22)26(29)30)19-6-4-3-5-7-19/h3-7,16-18,20-21H,8-15H2,1-2H3,(H,29,30)/t17-,18-,20-,21+. The number of nitrogens with zero attached hydrogens (tertiary/aromatic N) is 1. The molecule has 2 fully saturated rings. The minimum atomic E-state index is -0.943. The number of thiophene rings is 1. The van der Waals surface area contributed by atoms with Crippen molar-refractivity contribution >= 4 is 28.9 Å². The van der Waals surface area contributed by atoms with E-state index in [1.54, 1.807) is 0 Å². The fraction of sp³-hybridized carbons (Fsp3) is 0.538. The van der Waals surface area contributed by atoms with Crippen LogP contribution in [0.1, 0.15) is 74.9 Å². The van der Waals surface area contributed by atoms with Crippen LogP contribution < -0.4 is 4.90 Å². The van der Waals surface area contributed by atoms with Crippen LogP contribution >= 0.6 is 11.3 Å². The maximum atomic E-state index is 13.8. The molecule has 1 heterocycles. The molecule has 2 aliphatic rings. The van der Waals surface area contributed by atoms with Gasteiger partial charge in [-0.15, -0.1) is 11.3 Å². The van der Waals surface area contributed by atoms with E-state index in [4.69, 9.17) is 0 Å². The lowest BCUT2D eigenvalue weighted by atomic mass is 9.81. The zero-order valence-electron chi connectivity index (χ0n) is 18.5. The summed E-state index contributed by atoms with van der Waals surface area (Å²) in [6, 6.07) is 11.9. The normalized spacial score (nSPS) is 26.4. The monoisotopic (exact) mass is 439 g/mol. The lowest BCUT2D eigenvalue weighted by Crippen LogP contribution is -2.46. The van der Waals surface area contributed by atoms with E-state index in [1.165, 1.54) is 11.3 Å². The predicted molar refractivity (Wildman–Crippen MR) is 127 cm³/mol. The average molecular weight is 440 g/mol. The van der Waals surface area contributed by atoms with Crippen LogP contribution in [0.15, 0.2) is 36.4 Å². The SMILES string of the molecule is C[C@H]1CC[C@H](C(=O)N(c2cc(-c3ccccc3)sc2C(=O)O)[C@H]2CC[C@@H](C)CC2)CC1. The third kappa shape index (κ3) is 4.87. The largest absolute Gasteiger partial charge is 0.477 e. The highest BCUT2D eigenvalue weighted by Crippen LogP contribution is 2.42. The van der Waals surface area contributed by atoms with Gasteiger partial charge in [-0.3, -0.25) is 4.79 Å². The Balaban J connectivity index is 1.73. The second kappa shape index (κ2) is 9.56. The summed E-state index contributed by atoms with van der Waals surface area (Å²) < 4.78 is 0. The zero-order valence-corrected chi connectivity index (χ0v) is 19.4. The van der Waals surface area contributed by atoms with Crippen LogP contribution in [0.25, 0.3) is 10.4 Å². The molecule has 2 saturated carbocycles. The number of carboxylic acid groups (broad SMARTS) is 1. The number of anilines is 1. The summed E-state index contributed by atoms with van der Waals surface area (Å²) in [5.74, 6) is 0.559. The van der Waals surface area contributed by atoms with E-state index in [2.05, 4.69) is 13.8 Å². The van der Waals surface area contributed by atoms with E-state index in [1.807, 2.05) is 41.3 Å². The van der Waals surface area contributed by atoms with Crippen LogP contribution in [0.3, 0.4) is 0 Å². The van der Waals surface area contributed by atoms with Crippen LogP contribution in [-0.2, 0) is 4.79 Å². The molecule has 1 amide bonds. The van der Waals surface area contributed by atoms with E-state index < -0.39 is 5.97 Å². The van der Waals surface area contributed by atoms with Gasteiger partial charge in [-0.2, -0.15) is 0 Å². The summed E-state index contributed by atoms with van der Waals surface area (Å²) >= 11 is 1.28. The molecule has 166 valence electrons. The highest BCUT2D eigenvalue weighted by molar-refractivity contribution is 7.18. The molecule has 4 rings (SSSR count). The van der Waals surface area contributed by atoms with Crippen molar-refractivity contribution in [3.05, 3.63) is 41.3 Å². The Labute approximate surface area is 189 Å². The number of hydrogen-bond donors (Lipinski definition) is 1. The van der Waals surface area contributed by atoms with Crippen molar-refractivity contribution in [1.29, 1.82) is 0 Å². The summed E-state index contributed by atoms with van der Waals surface area (Å²) in [6.45, 7) is 4.53. The van der Waals surface area contributed by atoms with Gasteiger partial charge in [0.05, 0.1) is 5.69 Å². The minimum Gasteiger partial charge on any atom is -0.477 e. The van der Waals surface area contributed by atoms with Gasteiger partial charge in [0.15, 0.2) is 0 Å². The molecule has 0 saturated heterocycles. The number of amides is 1. The number of hydrogen-bond acceptors (Lipinski definition) is 3. The Bertz CT molecular complexity index is 906. The highest BCUT2D eigenvalue weighted by atomic mass is 32.1. The number of carbonyl (C=O) groups excluding carboxylic acids is 1. The van der Waals surface area contributed by atoms with Gasteiger partial charge < -0.3 is 10.0 Å². The third-order valence-corrected chi connectivity index (χ3v) is 8.34. The molecule has 2 aromatic rings. The maximum absolute atomic E-state index is 13.8. The minimum absolute atomic E-state index is 0.0114. The van der Waals surface area contributed by atoms with Gasteiger partial charge in [-0.1, -0.05) is 44.2 Å². The first-order valence-electron chi connectivity index (χ1n) is 11.7. The third-order valence-electron chi connectivity index (χ3n) is 7.18. The number of benzene rings is 1. The lowest BCUT2D eigenvalue weighted by Gasteiger charge is -2.39. The van der Waals surface area contributed by atoms with E-state index in [0.717, 1.165) is 61.8 Å². The molecular weight excluding hydrogens is 406 g/mol. The first-order valence-corrected chi connectivity index (χ1v) is 12.5. The van der Waals surface area contributed by atoms with Crippen molar-refractivity contribution in [2.75, 3.05) is 4.90 Å². The molecule has 0 unspecified atom stereocenters. The smallest absolute Gasteiger partial charge is 0.348 e. The summed E-state index contributed by atoms with van der Waals surface area (Å²) in [5, 5.41) is 10.0. The van der Waals surface area contributed by atoms with Crippen molar-refractivity contribution < 1.29 is 14.7 Å². The van der Waals surface area contributed by atoms with E-state index in [9.17, 15) is 14.7 Å². The Morgan fingerprint density at radius 2 is 1.48 bits per heavy atom. The van der Waals surface area contributed by atoms with Crippen LogP contribution in [0.5, 0.6) is 0 Å². The summed E-state index contributed by atoms with van der Waals surface area (Å²) in [7, 11) is 0. The predicted octanol–water partition coefficient (Wildman–Crippen LogP) is 6.85. The summed E-state index contributed by atoms with van der Waals surface area (Å²) in [4.78, 5) is 29.2. The topological polar surface area (TPSA) is 57.6 Å². The Hall–Kier alpha value is -2.14. The lowest BCUT2D eigenvalue weighted by molar-refractivity contribution is -0.124. The van der Waals surface area contributed by atoms with Gasteiger partial charge in [0, 0.05) is 16.8 Å². The van der Waals surface area contributed by atoms with Crippen LogP contribution in [-0.4, -0.2) is 23.0 Å². The zero-order chi connectivity index (χ0) is 22.0. The first kappa shape index (κ1) is 22.1. The maximum Gasteiger partial charge on any atom is 0.348 e. The number of carbonyl (C=O) groups is 2. The van der Waals surface area contributed by atoms with Gasteiger partial charge in [0.1, 0.15) is 4.88 Å². The quantitative estimate of drug-likeness (QED) is 0.554. The molecule has 0 atom stereocenters. The van der Waals surface area contributed by atoms with Crippen LogP contribution in [0, 0.1) is 17.8 Å². The van der Waals surface area contributed by atoms with E-state index in [0.29, 0.717) is 17.5 Å². The van der Waals surface area contributed by atoms with E-state index >= 15 is 0 Å². The molecular formula is C26H33NO3S. The first-order chi connectivity index (χ1) is 14.9. The second-order valence-electron chi connectivity index (χ2n) is 9.57. The molecule has 4 nitrogen and oxygen atoms in total. The van der Waals surface area contributed by atoms with Crippen molar-refractivity contribution in [2.24, 2.45) is 17.8 Å². The molecule has 2 aliphatic carbocycles. The van der Waals surface area contributed by atoms with Crippen molar-refractivity contribution in [2.45, 2.75) is 71.3 Å². The number of rotatable bonds is 5. The summed E-state index contributed by atoms with van der Waals surface area (Å²) in [5.41, 5.74) is 1.61. The van der Waals surface area contributed by atoms with Crippen molar-refractivity contribution in [3.63, 3.8) is 0 Å². The van der Waals surface area contributed by atoms with Gasteiger partial charge in [0.25, 0.3) is 0 Å². The van der Waals surface area contributed by atoms with E-state index in [-0.39, 0.29) is 22.7 Å². The highest BCUT2D eigenvalue weighted by Gasteiger charge is 2.37. The fourth-order valence-electron chi connectivity index (χ4n) is 5.16. The Morgan fingerprint density at radius 1 is 0.903 bits per heavy atom. The van der Waals surface area contributed by atoms with Crippen LogP contribution in [0.2, 0.25) is 0 Å². The molecule has 0 bridgehead atoms. The molecule has 0 spiro atoms. The molecule has 0 radical (unpaired) electrons. The van der Waals surface area contributed by atoms with Crippen molar-refractivity contribution in [3.8, 4) is 10.4 Å². The number of carboxylic acids is 1. The number of aromatic carboxylic acids is 1. The second-order valence-corrected chi connectivity index (χ2v) is 10.6. The van der Waals surface area contributed by atoms with Gasteiger partial charge >= 0.3 is 5.97 Å². The molecule has 1 aromatic heterocycles. The van der Waals surface area contributed by atoms with Crippen LogP contribution in [0.4, 0.5) is 5.69 Å². The van der Waals surface area contributed by atoms with Gasteiger partial charge in [-0.25, -0.2) is 4.79 Å². The van der Waals surface area contributed by atoms with Gasteiger partial charge in [0.2, 0.25) is 5.91 Å². The van der Waals surface area contributed by atoms with Crippen molar-refractivity contribution in [1.82, 2.24) is 0 Å². The molecule has 31 heavy (non-hydrogen) atoms. The molecule has 1 aromatic carbocycles. The molecule has 5 heteroatoms. The average Bonchev–Trinajstić information content (AvgIpc) is 3.22. The Morgan fingerprint density at radius 3 is 2.06 bits per heavy atom. The van der Waals surface area contributed by atoms with Gasteiger partial charge in [-0.05, 0) is 74.8 Å². The fourth-order valence-corrected chi connectivity index (χ4v) is 6.15. The molecule has 0 aliphatic heterocycles.